The van der Waals surface area contributed by atoms with E-state index in [1.165, 1.54) is 5.56 Å². The number of nitrogens with zero attached hydrogens (tertiary/aromatic N) is 2. The predicted octanol–water partition coefficient (Wildman–Crippen LogP) is 2.34. The van der Waals surface area contributed by atoms with Crippen molar-refractivity contribution < 1.29 is 4.79 Å². The Balaban J connectivity index is 2.09. The number of ketones is 1. The second kappa shape index (κ2) is 6.83. The minimum absolute atomic E-state index is 0.348. The summed E-state index contributed by atoms with van der Waals surface area (Å²) in [6.07, 6.45) is 1.65. The van der Waals surface area contributed by atoms with Gasteiger partial charge in [0.1, 0.15) is 5.78 Å². The summed E-state index contributed by atoms with van der Waals surface area (Å²) in [6, 6.07) is 10.9. The fourth-order valence-electron chi connectivity index (χ4n) is 2.72. The van der Waals surface area contributed by atoms with Gasteiger partial charge in [0, 0.05) is 32.1 Å². The van der Waals surface area contributed by atoms with Gasteiger partial charge in [-0.2, -0.15) is 0 Å². The first-order valence-corrected chi connectivity index (χ1v) is 7.20. The molecule has 0 aromatic heterocycles. The molecule has 1 unspecified atom stereocenters. The Labute approximate surface area is 116 Å². The number of benzene rings is 1. The van der Waals surface area contributed by atoms with Gasteiger partial charge in [-0.25, -0.2) is 0 Å². The molecule has 0 aliphatic carbocycles. The molecule has 1 atom stereocenters. The second-order valence-electron chi connectivity index (χ2n) is 5.45. The average Bonchev–Trinajstić information content (AvgIpc) is 2.42. The number of hydrogen-bond donors (Lipinski definition) is 0. The molecule has 0 N–H and O–H groups in total. The summed E-state index contributed by atoms with van der Waals surface area (Å²) >= 11 is 0. The van der Waals surface area contributed by atoms with Crippen LogP contribution < -0.4 is 0 Å². The number of carbonyl (C=O) groups is 1. The lowest BCUT2D eigenvalue weighted by Crippen LogP contribution is -2.48. The van der Waals surface area contributed by atoms with Gasteiger partial charge in [0.2, 0.25) is 0 Å². The first-order chi connectivity index (χ1) is 9.20. The topological polar surface area (TPSA) is 23.6 Å². The van der Waals surface area contributed by atoms with E-state index in [0.29, 0.717) is 24.8 Å². The van der Waals surface area contributed by atoms with Crippen LogP contribution in [0.2, 0.25) is 0 Å². The normalized spacial score (nSPS) is 21.5. The molecule has 104 valence electrons. The molecular formula is C16H24N2O. The van der Waals surface area contributed by atoms with E-state index < -0.39 is 0 Å². The molecule has 3 nitrogen and oxygen atoms in total. The molecule has 19 heavy (non-hydrogen) atoms. The van der Waals surface area contributed by atoms with Gasteiger partial charge < -0.3 is 4.90 Å². The van der Waals surface area contributed by atoms with Crippen molar-refractivity contribution in [2.75, 3.05) is 33.2 Å². The molecule has 0 radical (unpaired) electrons. The highest BCUT2D eigenvalue weighted by Crippen LogP contribution is 2.24. The predicted molar refractivity (Wildman–Crippen MR) is 78.2 cm³/mol. The molecule has 1 heterocycles. The first-order valence-electron chi connectivity index (χ1n) is 7.20. The summed E-state index contributed by atoms with van der Waals surface area (Å²) in [6.45, 7) is 5.69. The van der Waals surface area contributed by atoms with E-state index in [2.05, 4.69) is 48.0 Å². The minimum atomic E-state index is 0.348. The van der Waals surface area contributed by atoms with Crippen molar-refractivity contribution in [2.45, 2.75) is 25.8 Å². The number of carbonyl (C=O) groups excluding carboxylic acids is 1. The van der Waals surface area contributed by atoms with E-state index in [-0.39, 0.29) is 0 Å². The third kappa shape index (κ3) is 3.88. The maximum Gasteiger partial charge on any atom is 0.146 e. The number of piperazine rings is 1. The molecule has 0 bridgehead atoms. The van der Waals surface area contributed by atoms with Gasteiger partial charge in [0.25, 0.3) is 0 Å². The van der Waals surface area contributed by atoms with Gasteiger partial charge >= 0.3 is 0 Å². The molecule has 1 fully saturated rings. The largest absolute Gasteiger partial charge is 0.303 e. The summed E-state index contributed by atoms with van der Waals surface area (Å²) in [5, 5.41) is 0. The fourth-order valence-corrected chi connectivity index (χ4v) is 2.72. The maximum atomic E-state index is 11.9. The van der Waals surface area contributed by atoms with Crippen LogP contribution in [0.5, 0.6) is 0 Å². The van der Waals surface area contributed by atoms with E-state index in [1.807, 2.05) is 6.07 Å². The van der Waals surface area contributed by atoms with Crippen molar-refractivity contribution in [3.05, 3.63) is 35.9 Å². The maximum absolute atomic E-state index is 11.9. The van der Waals surface area contributed by atoms with Gasteiger partial charge in [-0.1, -0.05) is 37.3 Å². The monoisotopic (exact) mass is 260 g/mol. The van der Waals surface area contributed by atoms with E-state index >= 15 is 0 Å². The number of likely N-dealkylation sites (N-methyl/N-ethyl adjacent to an activating group) is 1. The molecular weight excluding hydrogens is 236 g/mol. The lowest BCUT2D eigenvalue weighted by atomic mass is 10.0. The lowest BCUT2D eigenvalue weighted by Gasteiger charge is -2.40. The average molecular weight is 260 g/mol. The van der Waals surface area contributed by atoms with Crippen LogP contribution in [0.15, 0.2) is 30.3 Å². The number of Topliss-reactive ketones (excluding diaryl/α,β-unsaturated/α-hetero) is 1. The highest BCUT2D eigenvalue weighted by Gasteiger charge is 2.27. The van der Waals surface area contributed by atoms with Crippen LogP contribution in [0, 0.1) is 0 Å². The summed E-state index contributed by atoms with van der Waals surface area (Å²) in [7, 11) is 2.15. The van der Waals surface area contributed by atoms with Gasteiger partial charge in [-0.05, 0) is 19.0 Å². The quantitative estimate of drug-likeness (QED) is 0.812. The van der Waals surface area contributed by atoms with Gasteiger partial charge in [-0.15, -0.1) is 0 Å². The zero-order valence-electron chi connectivity index (χ0n) is 12.0. The molecule has 1 aromatic rings. The van der Waals surface area contributed by atoms with Crippen LogP contribution in [0.25, 0.3) is 0 Å². The van der Waals surface area contributed by atoms with Gasteiger partial charge in [0.15, 0.2) is 0 Å². The van der Waals surface area contributed by atoms with Crippen molar-refractivity contribution in [1.82, 2.24) is 9.80 Å². The SMILES string of the molecule is CCCC(=O)CN1CCN(C)CC1c1ccccc1. The van der Waals surface area contributed by atoms with Crippen LogP contribution in [0.4, 0.5) is 0 Å². The smallest absolute Gasteiger partial charge is 0.146 e. The van der Waals surface area contributed by atoms with Crippen LogP contribution >= 0.6 is 0 Å². The molecule has 1 saturated heterocycles. The zero-order chi connectivity index (χ0) is 13.7. The summed E-state index contributed by atoms with van der Waals surface area (Å²) in [5.41, 5.74) is 1.32. The van der Waals surface area contributed by atoms with E-state index in [4.69, 9.17) is 0 Å². The van der Waals surface area contributed by atoms with Gasteiger partial charge in [-0.3, -0.25) is 9.69 Å². The van der Waals surface area contributed by atoms with Crippen molar-refractivity contribution in [3.8, 4) is 0 Å². The Morgan fingerprint density at radius 1 is 1.26 bits per heavy atom. The van der Waals surface area contributed by atoms with Gasteiger partial charge in [0.05, 0.1) is 6.54 Å². The Hall–Kier alpha value is -1.19. The Morgan fingerprint density at radius 2 is 2.00 bits per heavy atom. The second-order valence-corrected chi connectivity index (χ2v) is 5.45. The van der Waals surface area contributed by atoms with Crippen LogP contribution in [0.1, 0.15) is 31.4 Å². The molecule has 3 heteroatoms. The molecule has 2 rings (SSSR count). The summed E-state index contributed by atoms with van der Waals surface area (Å²) in [4.78, 5) is 16.6. The molecule has 1 aliphatic rings. The third-order valence-corrected chi connectivity index (χ3v) is 3.79. The molecule has 0 saturated carbocycles. The third-order valence-electron chi connectivity index (χ3n) is 3.79. The number of hydrogen-bond acceptors (Lipinski definition) is 3. The molecule has 0 amide bonds. The zero-order valence-corrected chi connectivity index (χ0v) is 12.0. The minimum Gasteiger partial charge on any atom is -0.303 e. The van der Waals surface area contributed by atoms with E-state index in [9.17, 15) is 4.79 Å². The van der Waals surface area contributed by atoms with Crippen LogP contribution in [-0.4, -0.2) is 48.8 Å². The van der Waals surface area contributed by atoms with Crippen LogP contribution in [-0.2, 0) is 4.79 Å². The van der Waals surface area contributed by atoms with Crippen molar-refractivity contribution in [1.29, 1.82) is 0 Å². The first kappa shape index (κ1) is 14.2. The molecule has 1 aliphatic heterocycles. The number of rotatable bonds is 5. The lowest BCUT2D eigenvalue weighted by molar-refractivity contribution is -0.121. The summed E-state index contributed by atoms with van der Waals surface area (Å²) in [5.74, 6) is 0.369. The Kier molecular flexibility index (Phi) is 5.11. The van der Waals surface area contributed by atoms with Crippen molar-refractivity contribution in [2.24, 2.45) is 0 Å². The highest BCUT2D eigenvalue weighted by atomic mass is 16.1. The Bertz CT molecular complexity index is 404. The molecule has 1 aromatic carbocycles. The van der Waals surface area contributed by atoms with Crippen molar-refractivity contribution >= 4 is 5.78 Å². The summed E-state index contributed by atoms with van der Waals surface area (Å²) < 4.78 is 0. The highest BCUT2D eigenvalue weighted by molar-refractivity contribution is 5.80. The van der Waals surface area contributed by atoms with E-state index in [1.54, 1.807) is 0 Å². The van der Waals surface area contributed by atoms with E-state index in [0.717, 1.165) is 26.1 Å². The fraction of sp³-hybridized carbons (Fsp3) is 0.562. The van der Waals surface area contributed by atoms with Crippen molar-refractivity contribution in [3.63, 3.8) is 0 Å². The molecule has 0 spiro atoms. The van der Waals surface area contributed by atoms with Crippen LogP contribution in [0.3, 0.4) is 0 Å². The standard InChI is InChI=1S/C16H24N2O/c1-3-7-15(19)12-18-11-10-17(2)13-16(18)14-8-5-4-6-9-14/h4-6,8-9,16H,3,7,10-13H2,1-2H3. The Morgan fingerprint density at radius 3 is 2.68 bits per heavy atom.